The molecular weight excluding hydrogens is 302 g/mol. The number of likely N-dealkylation sites (tertiary alicyclic amines) is 1. The molecule has 2 amide bonds. The minimum Gasteiger partial charge on any atom is -0.461 e. The summed E-state index contributed by atoms with van der Waals surface area (Å²) in [6.45, 7) is -0.217. The molecule has 4 unspecified atom stereocenters. The Kier molecular flexibility index (Phi) is 3.51. The molecule has 0 N–H and O–H groups in total. The van der Waals surface area contributed by atoms with E-state index >= 15 is 0 Å². The van der Waals surface area contributed by atoms with Gasteiger partial charge in [-0.1, -0.05) is 18.6 Å². The summed E-state index contributed by atoms with van der Waals surface area (Å²) in [4.78, 5) is 38.1. The topological polar surface area (TPSA) is 63.7 Å². The van der Waals surface area contributed by atoms with Crippen molar-refractivity contribution in [1.29, 1.82) is 0 Å². The lowest BCUT2D eigenvalue weighted by Crippen LogP contribution is -2.39. The first-order valence-electron chi connectivity index (χ1n) is 8.03. The van der Waals surface area contributed by atoms with Crippen LogP contribution >= 0.6 is 11.8 Å². The lowest BCUT2D eigenvalue weighted by molar-refractivity contribution is -0.157. The van der Waals surface area contributed by atoms with E-state index in [0.717, 1.165) is 30.6 Å². The number of imide groups is 1. The van der Waals surface area contributed by atoms with E-state index in [1.165, 1.54) is 6.42 Å². The molecule has 2 saturated heterocycles. The highest BCUT2D eigenvalue weighted by molar-refractivity contribution is 8.01. The molecule has 0 aromatic rings. The number of carbonyl (C=O) groups is 3. The van der Waals surface area contributed by atoms with Crippen LogP contribution < -0.4 is 0 Å². The summed E-state index contributed by atoms with van der Waals surface area (Å²) >= 11 is 1.68. The van der Waals surface area contributed by atoms with E-state index in [-0.39, 0.29) is 46.8 Å². The molecule has 5 nitrogen and oxygen atoms in total. The van der Waals surface area contributed by atoms with Crippen LogP contribution in [-0.2, 0) is 19.1 Å². The fraction of sp³-hybridized carbons (Fsp3) is 0.688. The van der Waals surface area contributed by atoms with E-state index in [1.54, 1.807) is 11.8 Å². The molecule has 4 atom stereocenters. The third-order valence-electron chi connectivity index (χ3n) is 5.14. The normalized spacial score (nSPS) is 37.0. The number of hydrogen-bond acceptors (Lipinski definition) is 5. The van der Waals surface area contributed by atoms with Gasteiger partial charge >= 0.3 is 5.97 Å². The van der Waals surface area contributed by atoms with Crippen LogP contribution in [-0.4, -0.2) is 45.8 Å². The first-order chi connectivity index (χ1) is 10.6. The Hall–Kier alpha value is -1.30. The zero-order valence-corrected chi connectivity index (χ0v) is 13.1. The highest BCUT2D eigenvalue weighted by Crippen LogP contribution is 2.53. The largest absolute Gasteiger partial charge is 0.461 e. The van der Waals surface area contributed by atoms with Crippen LogP contribution in [0.3, 0.4) is 0 Å². The standard InChI is InChI=1S/C16H19NO4S/c18-12(21-9-4-2-1-3-5-9)8-17-15(19)13-10-6-7-11(22-10)14(13)16(17)20/h6-7,9-11,13-14H,1-5,8H2. The van der Waals surface area contributed by atoms with Gasteiger partial charge in [0.05, 0.1) is 11.8 Å². The maximum atomic E-state index is 12.5. The van der Waals surface area contributed by atoms with E-state index in [1.807, 2.05) is 12.2 Å². The summed E-state index contributed by atoms with van der Waals surface area (Å²) in [5.41, 5.74) is 0. The third-order valence-corrected chi connectivity index (χ3v) is 6.67. The number of nitrogens with zero attached hydrogens (tertiary/aromatic N) is 1. The molecule has 22 heavy (non-hydrogen) atoms. The Labute approximate surface area is 133 Å². The van der Waals surface area contributed by atoms with E-state index in [4.69, 9.17) is 4.74 Å². The van der Waals surface area contributed by atoms with Crippen molar-refractivity contribution in [3.8, 4) is 0 Å². The molecule has 0 aromatic carbocycles. The molecule has 0 spiro atoms. The summed E-state index contributed by atoms with van der Waals surface area (Å²) in [5.74, 6) is -1.37. The van der Waals surface area contributed by atoms with Gasteiger partial charge in [0.2, 0.25) is 11.8 Å². The van der Waals surface area contributed by atoms with Crippen molar-refractivity contribution in [1.82, 2.24) is 4.90 Å². The van der Waals surface area contributed by atoms with Crippen molar-refractivity contribution in [3.63, 3.8) is 0 Å². The summed E-state index contributed by atoms with van der Waals surface area (Å²) in [6.07, 6.45) is 9.13. The quantitative estimate of drug-likeness (QED) is 0.448. The molecule has 3 aliphatic heterocycles. The Balaban J connectivity index is 1.40. The number of thioether (sulfide) groups is 1. The van der Waals surface area contributed by atoms with E-state index in [9.17, 15) is 14.4 Å². The molecule has 0 aromatic heterocycles. The highest BCUT2D eigenvalue weighted by Gasteiger charge is 2.60. The maximum Gasteiger partial charge on any atom is 0.326 e. The second-order valence-electron chi connectivity index (χ2n) is 6.51. The lowest BCUT2D eigenvalue weighted by Gasteiger charge is -2.23. The van der Waals surface area contributed by atoms with Crippen LogP contribution in [0.5, 0.6) is 0 Å². The van der Waals surface area contributed by atoms with E-state index in [2.05, 4.69) is 0 Å². The predicted molar refractivity (Wildman–Crippen MR) is 81.0 cm³/mol. The Bertz CT molecular complexity index is 524. The SMILES string of the molecule is O=C(CN1C(=O)C2C3C=CC(S3)C2C1=O)OC1CCCCC1. The van der Waals surface area contributed by atoms with Crippen LogP contribution in [0.4, 0.5) is 0 Å². The molecular formula is C16H19NO4S. The summed E-state index contributed by atoms with van der Waals surface area (Å²) in [6, 6.07) is 0. The summed E-state index contributed by atoms with van der Waals surface area (Å²) in [7, 11) is 0. The van der Waals surface area contributed by atoms with Gasteiger partial charge in [-0.2, -0.15) is 0 Å². The van der Waals surface area contributed by atoms with Crippen molar-refractivity contribution < 1.29 is 19.1 Å². The molecule has 0 radical (unpaired) electrons. The fourth-order valence-corrected chi connectivity index (χ4v) is 5.69. The van der Waals surface area contributed by atoms with Gasteiger partial charge in [-0.3, -0.25) is 19.3 Å². The van der Waals surface area contributed by atoms with Gasteiger partial charge in [0.1, 0.15) is 12.6 Å². The predicted octanol–water partition coefficient (Wildman–Crippen LogP) is 1.52. The zero-order valence-electron chi connectivity index (χ0n) is 12.3. The van der Waals surface area contributed by atoms with Crippen molar-refractivity contribution >= 4 is 29.5 Å². The van der Waals surface area contributed by atoms with Crippen LogP contribution in [0.15, 0.2) is 12.2 Å². The molecule has 3 heterocycles. The smallest absolute Gasteiger partial charge is 0.326 e. The summed E-state index contributed by atoms with van der Waals surface area (Å²) < 4.78 is 5.44. The van der Waals surface area contributed by atoms with E-state index in [0.29, 0.717) is 0 Å². The maximum absolute atomic E-state index is 12.5. The second-order valence-corrected chi connectivity index (χ2v) is 7.88. The minimum atomic E-state index is -0.443. The number of ether oxygens (including phenoxy) is 1. The number of amides is 2. The number of fused-ring (bicyclic) bond motifs is 5. The average Bonchev–Trinajstić information content (AvgIpc) is 3.18. The molecule has 3 fully saturated rings. The van der Waals surface area contributed by atoms with Gasteiger partial charge in [-0.25, -0.2) is 0 Å². The van der Waals surface area contributed by atoms with Gasteiger partial charge in [0.15, 0.2) is 0 Å². The lowest BCUT2D eigenvalue weighted by atomic mass is 9.85. The Morgan fingerprint density at radius 3 is 2.27 bits per heavy atom. The Morgan fingerprint density at radius 2 is 1.68 bits per heavy atom. The van der Waals surface area contributed by atoms with Gasteiger partial charge < -0.3 is 4.74 Å². The van der Waals surface area contributed by atoms with Gasteiger partial charge in [0.25, 0.3) is 0 Å². The van der Waals surface area contributed by atoms with Gasteiger partial charge in [-0.15, -0.1) is 11.8 Å². The molecule has 4 rings (SSSR count). The van der Waals surface area contributed by atoms with Crippen LogP contribution in [0.1, 0.15) is 32.1 Å². The third kappa shape index (κ3) is 2.19. The highest BCUT2D eigenvalue weighted by atomic mass is 32.2. The Morgan fingerprint density at radius 1 is 1.09 bits per heavy atom. The van der Waals surface area contributed by atoms with Crippen molar-refractivity contribution in [2.24, 2.45) is 11.8 Å². The van der Waals surface area contributed by atoms with Crippen molar-refractivity contribution in [2.75, 3.05) is 6.54 Å². The minimum absolute atomic E-state index is 0.0399. The monoisotopic (exact) mass is 321 g/mol. The van der Waals surface area contributed by atoms with Crippen molar-refractivity contribution in [2.45, 2.75) is 48.7 Å². The number of rotatable bonds is 3. The van der Waals surface area contributed by atoms with Gasteiger partial charge in [-0.05, 0) is 25.7 Å². The first kappa shape index (κ1) is 14.3. The zero-order chi connectivity index (χ0) is 15.3. The van der Waals surface area contributed by atoms with Crippen molar-refractivity contribution in [3.05, 3.63) is 12.2 Å². The van der Waals surface area contributed by atoms with E-state index < -0.39 is 5.97 Å². The molecule has 4 aliphatic rings. The first-order valence-corrected chi connectivity index (χ1v) is 8.98. The van der Waals surface area contributed by atoms with Crippen LogP contribution in [0, 0.1) is 11.8 Å². The molecule has 6 heteroatoms. The van der Waals surface area contributed by atoms with Crippen LogP contribution in [0.25, 0.3) is 0 Å². The summed E-state index contributed by atoms with van der Waals surface area (Å²) in [5, 5.41) is 0.205. The number of hydrogen-bond donors (Lipinski definition) is 0. The van der Waals surface area contributed by atoms with Gasteiger partial charge in [0, 0.05) is 10.5 Å². The number of carbonyl (C=O) groups excluding carboxylic acids is 3. The second kappa shape index (κ2) is 5.41. The fourth-order valence-electron chi connectivity index (χ4n) is 4.06. The molecule has 1 saturated carbocycles. The molecule has 2 bridgehead atoms. The molecule has 118 valence electrons. The average molecular weight is 321 g/mol. The molecule has 1 aliphatic carbocycles. The number of esters is 1. The van der Waals surface area contributed by atoms with Crippen LogP contribution in [0.2, 0.25) is 0 Å².